The second-order valence-electron chi connectivity index (χ2n) is 4.37. The monoisotopic (exact) mass is 229 g/mol. The predicted octanol–water partition coefficient (Wildman–Crippen LogP) is 0.818. The Bertz CT molecular complexity index is 195. The smallest absolute Gasteiger partial charge is 0.224 e. The van der Waals surface area contributed by atoms with Gasteiger partial charge < -0.3 is 16.0 Å². The summed E-state index contributed by atoms with van der Waals surface area (Å²) < 4.78 is 0. The van der Waals surface area contributed by atoms with Crippen LogP contribution in [0, 0.1) is 5.92 Å². The third-order valence-electron chi connectivity index (χ3n) is 2.92. The van der Waals surface area contributed by atoms with Crippen molar-refractivity contribution in [3.63, 3.8) is 0 Å². The minimum Gasteiger partial charge on any atom is -0.355 e. The molecule has 0 radical (unpaired) electrons. The molecule has 0 aromatic carbocycles. The number of hydrogen-bond acceptors (Lipinski definition) is 3. The average Bonchev–Trinajstić information content (AvgIpc) is 2.26. The van der Waals surface area contributed by atoms with Gasteiger partial charge >= 0.3 is 0 Å². The summed E-state index contributed by atoms with van der Waals surface area (Å²) in [5.74, 6) is -0.0520. The molecule has 0 aromatic heterocycles. The standard InChI is InChI=1S/C12H27N3O/c1-5-8-15(6-2)9-7-14-12(16)10(3)11(4)13/h10-11H,5-9,13H2,1-4H3,(H,14,16). The number of rotatable bonds is 8. The fourth-order valence-corrected chi connectivity index (χ4v) is 1.48. The number of nitrogens with one attached hydrogen (secondary N) is 1. The normalized spacial score (nSPS) is 14.9. The van der Waals surface area contributed by atoms with Crippen LogP contribution in [-0.2, 0) is 4.79 Å². The molecule has 3 N–H and O–H groups in total. The minimum absolute atomic E-state index is 0.0579. The molecule has 0 aliphatic carbocycles. The van der Waals surface area contributed by atoms with Gasteiger partial charge in [0.05, 0.1) is 0 Å². The number of hydrogen-bond donors (Lipinski definition) is 2. The topological polar surface area (TPSA) is 58.4 Å². The van der Waals surface area contributed by atoms with Crippen molar-refractivity contribution in [1.82, 2.24) is 10.2 Å². The molecule has 0 aromatic rings. The van der Waals surface area contributed by atoms with E-state index in [0.29, 0.717) is 6.54 Å². The Morgan fingerprint density at radius 1 is 1.31 bits per heavy atom. The summed E-state index contributed by atoms with van der Waals surface area (Å²) in [7, 11) is 0. The van der Waals surface area contributed by atoms with E-state index in [-0.39, 0.29) is 17.9 Å². The zero-order chi connectivity index (χ0) is 12.6. The summed E-state index contributed by atoms with van der Waals surface area (Å²) >= 11 is 0. The van der Waals surface area contributed by atoms with Crippen molar-refractivity contribution in [2.45, 2.75) is 40.2 Å². The summed E-state index contributed by atoms with van der Waals surface area (Å²) in [5, 5.41) is 2.93. The third-order valence-corrected chi connectivity index (χ3v) is 2.92. The summed E-state index contributed by atoms with van der Waals surface area (Å²) in [6, 6.07) is -0.0853. The Kier molecular flexibility index (Phi) is 8.21. The van der Waals surface area contributed by atoms with Crippen LogP contribution in [-0.4, -0.2) is 43.0 Å². The van der Waals surface area contributed by atoms with Crippen LogP contribution >= 0.6 is 0 Å². The number of nitrogens with two attached hydrogens (primary N) is 1. The summed E-state index contributed by atoms with van der Waals surface area (Å²) in [4.78, 5) is 13.9. The molecular formula is C12H27N3O. The van der Waals surface area contributed by atoms with Gasteiger partial charge in [-0.05, 0) is 26.4 Å². The van der Waals surface area contributed by atoms with E-state index >= 15 is 0 Å². The van der Waals surface area contributed by atoms with Crippen molar-refractivity contribution in [2.24, 2.45) is 11.7 Å². The Hall–Kier alpha value is -0.610. The van der Waals surface area contributed by atoms with Crippen LogP contribution in [0.2, 0.25) is 0 Å². The van der Waals surface area contributed by atoms with Gasteiger partial charge in [0.1, 0.15) is 0 Å². The first-order valence-corrected chi connectivity index (χ1v) is 6.28. The van der Waals surface area contributed by atoms with Crippen molar-refractivity contribution < 1.29 is 4.79 Å². The van der Waals surface area contributed by atoms with Crippen LogP contribution in [0.4, 0.5) is 0 Å². The number of carbonyl (C=O) groups excluding carboxylic acids is 1. The summed E-state index contributed by atoms with van der Waals surface area (Å²) in [6.45, 7) is 11.8. The molecule has 0 saturated heterocycles. The second-order valence-corrected chi connectivity index (χ2v) is 4.37. The van der Waals surface area contributed by atoms with Crippen molar-refractivity contribution in [3.8, 4) is 0 Å². The maximum absolute atomic E-state index is 11.6. The first-order valence-electron chi connectivity index (χ1n) is 6.28. The van der Waals surface area contributed by atoms with Gasteiger partial charge in [-0.2, -0.15) is 0 Å². The van der Waals surface area contributed by atoms with Crippen LogP contribution in [0.25, 0.3) is 0 Å². The SMILES string of the molecule is CCCN(CC)CCNC(=O)C(C)C(C)N. The lowest BCUT2D eigenvalue weighted by Crippen LogP contribution is -2.41. The highest BCUT2D eigenvalue weighted by atomic mass is 16.1. The van der Waals surface area contributed by atoms with Crippen molar-refractivity contribution in [1.29, 1.82) is 0 Å². The number of carbonyl (C=O) groups is 1. The minimum atomic E-state index is -0.110. The van der Waals surface area contributed by atoms with Gasteiger partial charge in [-0.25, -0.2) is 0 Å². The molecule has 0 aliphatic rings. The highest BCUT2D eigenvalue weighted by molar-refractivity contribution is 5.78. The number of amides is 1. The predicted molar refractivity (Wildman–Crippen MR) is 68.2 cm³/mol. The van der Waals surface area contributed by atoms with Gasteiger partial charge in [-0.1, -0.05) is 20.8 Å². The fraction of sp³-hybridized carbons (Fsp3) is 0.917. The lowest BCUT2D eigenvalue weighted by atomic mass is 10.0. The Morgan fingerprint density at radius 2 is 1.94 bits per heavy atom. The molecule has 1 amide bonds. The van der Waals surface area contributed by atoms with E-state index in [1.807, 2.05) is 13.8 Å². The maximum Gasteiger partial charge on any atom is 0.224 e. The van der Waals surface area contributed by atoms with E-state index in [4.69, 9.17) is 5.73 Å². The first-order chi connectivity index (χ1) is 7.52. The highest BCUT2D eigenvalue weighted by Gasteiger charge is 2.16. The van der Waals surface area contributed by atoms with Crippen LogP contribution in [0.1, 0.15) is 34.1 Å². The Morgan fingerprint density at radius 3 is 2.38 bits per heavy atom. The Labute approximate surface area is 99.6 Å². The van der Waals surface area contributed by atoms with E-state index in [0.717, 1.165) is 26.1 Å². The maximum atomic E-state index is 11.6. The fourth-order valence-electron chi connectivity index (χ4n) is 1.48. The molecule has 0 aliphatic heterocycles. The first kappa shape index (κ1) is 15.4. The number of likely N-dealkylation sites (N-methyl/N-ethyl adjacent to an activating group) is 1. The highest BCUT2D eigenvalue weighted by Crippen LogP contribution is 1.99. The number of nitrogens with zero attached hydrogens (tertiary/aromatic N) is 1. The zero-order valence-corrected chi connectivity index (χ0v) is 11.1. The summed E-state index contributed by atoms with van der Waals surface area (Å²) in [6.07, 6.45) is 1.15. The van der Waals surface area contributed by atoms with E-state index < -0.39 is 0 Å². The molecule has 0 fully saturated rings. The third kappa shape index (κ3) is 6.08. The van der Waals surface area contributed by atoms with Gasteiger partial charge in [0.2, 0.25) is 5.91 Å². The van der Waals surface area contributed by atoms with E-state index in [1.54, 1.807) is 0 Å². The van der Waals surface area contributed by atoms with E-state index in [2.05, 4.69) is 24.1 Å². The lowest BCUT2D eigenvalue weighted by Gasteiger charge is -2.21. The van der Waals surface area contributed by atoms with Gasteiger partial charge in [0.25, 0.3) is 0 Å². The van der Waals surface area contributed by atoms with E-state index in [1.165, 1.54) is 0 Å². The molecule has 0 saturated carbocycles. The molecule has 0 heterocycles. The van der Waals surface area contributed by atoms with Gasteiger partial charge in [0.15, 0.2) is 0 Å². The summed E-state index contributed by atoms with van der Waals surface area (Å²) in [5.41, 5.74) is 5.67. The van der Waals surface area contributed by atoms with Crippen LogP contribution in [0.5, 0.6) is 0 Å². The van der Waals surface area contributed by atoms with Crippen molar-refractivity contribution >= 4 is 5.91 Å². The Balaban J connectivity index is 3.75. The van der Waals surface area contributed by atoms with Crippen LogP contribution in [0.3, 0.4) is 0 Å². The van der Waals surface area contributed by atoms with Crippen molar-refractivity contribution in [3.05, 3.63) is 0 Å². The molecule has 2 unspecified atom stereocenters. The van der Waals surface area contributed by atoms with Gasteiger partial charge in [-0.3, -0.25) is 4.79 Å². The molecule has 0 bridgehead atoms. The van der Waals surface area contributed by atoms with Crippen molar-refractivity contribution in [2.75, 3.05) is 26.2 Å². The van der Waals surface area contributed by atoms with Crippen LogP contribution < -0.4 is 11.1 Å². The molecule has 16 heavy (non-hydrogen) atoms. The molecule has 0 rings (SSSR count). The quantitative estimate of drug-likeness (QED) is 0.648. The molecule has 0 spiro atoms. The molecule has 2 atom stereocenters. The van der Waals surface area contributed by atoms with Gasteiger partial charge in [-0.15, -0.1) is 0 Å². The molecular weight excluding hydrogens is 202 g/mol. The largest absolute Gasteiger partial charge is 0.355 e. The molecule has 4 nitrogen and oxygen atoms in total. The van der Waals surface area contributed by atoms with Gasteiger partial charge in [0, 0.05) is 25.0 Å². The van der Waals surface area contributed by atoms with Crippen LogP contribution in [0.15, 0.2) is 0 Å². The second kappa shape index (κ2) is 8.53. The average molecular weight is 229 g/mol. The molecule has 96 valence electrons. The molecule has 4 heteroatoms. The zero-order valence-electron chi connectivity index (χ0n) is 11.1. The lowest BCUT2D eigenvalue weighted by molar-refractivity contribution is -0.124. The van der Waals surface area contributed by atoms with E-state index in [9.17, 15) is 4.79 Å².